The van der Waals surface area contributed by atoms with Crippen molar-refractivity contribution in [3.63, 3.8) is 0 Å². The maximum Gasteiger partial charge on any atom is 0.197 e. The van der Waals surface area contributed by atoms with Gasteiger partial charge in [0.2, 0.25) is 0 Å². The van der Waals surface area contributed by atoms with Crippen LogP contribution in [0.1, 0.15) is 15.9 Å². The summed E-state index contributed by atoms with van der Waals surface area (Å²) in [6.07, 6.45) is 0. The molecule has 0 N–H and O–H groups in total. The summed E-state index contributed by atoms with van der Waals surface area (Å²) in [5, 5.41) is 0.288. The predicted octanol–water partition coefficient (Wildman–Crippen LogP) is 4.49. The molecule has 0 heterocycles. The Kier molecular flexibility index (Phi) is 4.85. The zero-order valence-corrected chi connectivity index (χ0v) is 13.6. The van der Waals surface area contributed by atoms with E-state index < -0.39 is 11.6 Å². The zero-order chi connectivity index (χ0) is 15.6. The van der Waals surface area contributed by atoms with Gasteiger partial charge in [0.15, 0.2) is 17.3 Å². The Morgan fingerprint density at radius 2 is 1.71 bits per heavy atom. The summed E-state index contributed by atoms with van der Waals surface area (Å²) in [6.45, 7) is 0. The number of carbonyl (C=O) groups excluding carboxylic acids is 1. The first-order valence-corrected chi connectivity index (χ1v) is 7.06. The van der Waals surface area contributed by atoms with Crippen LogP contribution in [0.2, 0.25) is 5.02 Å². The minimum absolute atomic E-state index is 0.101. The van der Waals surface area contributed by atoms with E-state index >= 15 is 0 Å². The lowest BCUT2D eigenvalue weighted by molar-refractivity contribution is 0.103. The molecule has 0 aliphatic rings. The van der Waals surface area contributed by atoms with Crippen molar-refractivity contribution < 1.29 is 18.7 Å². The molecule has 0 fully saturated rings. The lowest BCUT2D eigenvalue weighted by Crippen LogP contribution is -2.06. The first-order chi connectivity index (χ1) is 9.97. The fourth-order valence-electron chi connectivity index (χ4n) is 1.84. The van der Waals surface area contributed by atoms with Crippen LogP contribution >= 0.6 is 27.5 Å². The molecular formula is C15H11BrClFO3. The molecule has 0 atom stereocenters. The monoisotopic (exact) mass is 372 g/mol. The molecule has 0 spiro atoms. The van der Waals surface area contributed by atoms with Gasteiger partial charge in [-0.05, 0) is 46.3 Å². The minimum atomic E-state index is -0.633. The molecule has 0 aliphatic heterocycles. The van der Waals surface area contributed by atoms with Crippen molar-refractivity contribution in [1.29, 1.82) is 0 Å². The fraction of sp³-hybridized carbons (Fsp3) is 0.133. The van der Waals surface area contributed by atoms with Gasteiger partial charge in [0, 0.05) is 15.1 Å². The smallest absolute Gasteiger partial charge is 0.197 e. The topological polar surface area (TPSA) is 35.5 Å². The number of hydrogen-bond acceptors (Lipinski definition) is 3. The summed E-state index contributed by atoms with van der Waals surface area (Å²) in [6, 6.07) is 6.92. The first kappa shape index (κ1) is 15.8. The Morgan fingerprint density at radius 3 is 2.33 bits per heavy atom. The van der Waals surface area contributed by atoms with Crippen LogP contribution in [0.3, 0.4) is 0 Å². The largest absolute Gasteiger partial charge is 0.493 e. The molecule has 0 bridgehead atoms. The number of ether oxygens (including phenoxy) is 2. The van der Waals surface area contributed by atoms with Gasteiger partial charge in [-0.1, -0.05) is 11.6 Å². The molecular weight excluding hydrogens is 363 g/mol. The fourth-order valence-corrected chi connectivity index (χ4v) is 2.52. The Morgan fingerprint density at radius 1 is 1.10 bits per heavy atom. The molecule has 0 amide bonds. The van der Waals surface area contributed by atoms with Crippen LogP contribution in [-0.4, -0.2) is 20.0 Å². The van der Waals surface area contributed by atoms with E-state index in [1.165, 1.54) is 32.4 Å². The number of halogens is 3. The molecule has 2 aromatic carbocycles. The van der Waals surface area contributed by atoms with Crippen LogP contribution in [0.15, 0.2) is 34.8 Å². The lowest BCUT2D eigenvalue weighted by Gasteiger charge is -2.11. The van der Waals surface area contributed by atoms with Crippen molar-refractivity contribution in [2.75, 3.05) is 14.2 Å². The Bertz CT molecular complexity index is 704. The molecule has 0 aromatic heterocycles. The summed E-state index contributed by atoms with van der Waals surface area (Å²) in [5.41, 5.74) is 0.157. The molecule has 3 nitrogen and oxygen atoms in total. The van der Waals surface area contributed by atoms with Gasteiger partial charge in [0.1, 0.15) is 5.82 Å². The standard InChI is InChI=1S/C15H11BrClFO3/c1-20-13-6-9(11(16)7-14(13)21-2)15(19)10-5-8(17)3-4-12(10)18/h3-7H,1-2H3. The van der Waals surface area contributed by atoms with E-state index in [2.05, 4.69) is 15.9 Å². The lowest BCUT2D eigenvalue weighted by atomic mass is 10.0. The van der Waals surface area contributed by atoms with E-state index in [1.807, 2.05) is 0 Å². The Hall–Kier alpha value is -1.59. The van der Waals surface area contributed by atoms with Crippen molar-refractivity contribution in [1.82, 2.24) is 0 Å². The highest BCUT2D eigenvalue weighted by molar-refractivity contribution is 9.10. The summed E-state index contributed by atoms with van der Waals surface area (Å²) < 4.78 is 24.6. The van der Waals surface area contributed by atoms with Crippen LogP contribution in [0, 0.1) is 5.82 Å². The SMILES string of the molecule is COc1cc(Br)c(C(=O)c2cc(Cl)ccc2F)cc1OC. The average Bonchev–Trinajstić information content (AvgIpc) is 2.48. The van der Waals surface area contributed by atoms with Gasteiger partial charge in [-0.15, -0.1) is 0 Å². The number of rotatable bonds is 4. The highest BCUT2D eigenvalue weighted by atomic mass is 79.9. The second-order valence-corrected chi connectivity index (χ2v) is 5.43. The van der Waals surface area contributed by atoms with Gasteiger partial charge in [-0.25, -0.2) is 4.39 Å². The van der Waals surface area contributed by atoms with Crippen molar-refractivity contribution in [3.8, 4) is 11.5 Å². The van der Waals surface area contributed by atoms with Crippen LogP contribution < -0.4 is 9.47 Å². The van der Waals surface area contributed by atoms with E-state index in [4.69, 9.17) is 21.1 Å². The van der Waals surface area contributed by atoms with Gasteiger partial charge >= 0.3 is 0 Å². The second kappa shape index (κ2) is 6.45. The molecule has 0 radical (unpaired) electrons. The number of ketones is 1. The predicted molar refractivity (Wildman–Crippen MR) is 82.1 cm³/mol. The van der Waals surface area contributed by atoms with Gasteiger partial charge in [0.05, 0.1) is 19.8 Å². The number of hydrogen-bond donors (Lipinski definition) is 0. The summed E-state index contributed by atoms with van der Waals surface area (Å²) >= 11 is 9.10. The number of carbonyl (C=O) groups is 1. The van der Waals surface area contributed by atoms with Gasteiger partial charge in [-0.2, -0.15) is 0 Å². The van der Waals surface area contributed by atoms with Crippen LogP contribution in [0.25, 0.3) is 0 Å². The van der Waals surface area contributed by atoms with Gasteiger partial charge in [0.25, 0.3) is 0 Å². The highest BCUT2D eigenvalue weighted by Gasteiger charge is 2.20. The van der Waals surface area contributed by atoms with E-state index in [0.717, 1.165) is 6.07 Å². The molecule has 110 valence electrons. The van der Waals surface area contributed by atoms with E-state index in [-0.39, 0.29) is 16.1 Å². The normalized spacial score (nSPS) is 10.3. The van der Waals surface area contributed by atoms with Crippen molar-refractivity contribution in [2.24, 2.45) is 0 Å². The maximum atomic E-state index is 13.8. The molecule has 0 aliphatic carbocycles. The Balaban J connectivity index is 2.55. The van der Waals surface area contributed by atoms with Crippen LogP contribution in [0.5, 0.6) is 11.5 Å². The van der Waals surface area contributed by atoms with Crippen molar-refractivity contribution >= 4 is 33.3 Å². The summed E-state index contributed by atoms with van der Waals surface area (Å²) in [7, 11) is 2.95. The quantitative estimate of drug-likeness (QED) is 0.741. The van der Waals surface area contributed by atoms with Crippen LogP contribution in [0.4, 0.5) is 4.39 Å². The molecule has 21 heavy (non-hydrogen) atoms. The van der Waals surface area contributed by atoms with E-state index in [9.17, 15) is 9.18 Å². The van der Waals surface area contributed by atoms with Crippen LogP contribution in [-0.2, 0) is 0 Å². The number of methoxy groups -OCH3 is 2. The zero-order valence-electron chi connectivity index (χ0n) is 11.2. The third-order valence-electron chi connectivity index (χ3n) is 2.89. The minimum Gasteiger partial charge on any atom is -0.493 e. The second-order valence-electron chi connectivity index (χ2n) is 4.14. The Labute approximate surface area is 134 Å². The molecule has 0 saturated carbocycles. The third-order valence-corrected chi connectivity index (χ3v) is 3.78. The molecule has 2 rings (SSSR count). The maximum absolute atomic E-state index is 13.8. The summed E-state index contributed by atoms with van der Waals surface area (Å²) in [4.78, 5) is 12.5. The highest BCUT2D eigenvalue weighted by Crippen LogP contribution is 2.34. The van der Waals surface area contributed by atoms with Crippen molar-refractivity contribution in [2.45, 2.75) is 0 Å². The van der Waals surface area contributed by atoms with Gasteiger partial charge < -0.3 is 9.47 Å². The average molecular weight is 374 g/mol. The summed E-state index contributed by atoms with van der Waals surface area (Å²) in [5.74, 6) is -0.284. The molecule has 0 unspecified atom stereocenters. The van der Waals surface area contributed by atoms with E-state index in [1.54, 1.807) is 6.07 Å². The first-order valence-electron chi connectivity index (χ1n) is 5.89. The van der Waals surface area contributed by atoms with E-state index in [0.29, 0.717) is 16.0 Å². The third kappa shape index (κ3) is 3.19. The van der Waals surface area contributed by atoms with Gasteiger partial charge in [-0.3, -0.25) is 4.79 Å². The van der Waals surface area contributed by atoms with Crippen molar-refractivity contribution in [3.05, 3.63) is 56.8 Å². The molecule has 6 heteroatoms. The molecule has 0 saturated heterocycles. The number of benzene rings is 2. The molecule has 2 aromatic rings.